The van der Waals surface area contributed by atoms with Gasteiger partial charge in [0.25, 0.3) is 0 Å². The van der Waals surface area contributed by atoms with Gasteiger partial charge in [-0.1, -0.05) is 48.5 Å². The summed E-state index contributed by atoms with van der Waals surface area (Å²) in [4.78, 5) is 21.7. The molecule has 0 spiro atoms. The van der Waals surface area contributed by atoms with Crippen LogP contribution in [0.4, 0.5) is 22.0 Å². The summed E-state index contributed by atoms with van der Waals surface area (Å²) in [6.45, 7) is 0.532. The SMILES string of the molecule is COc1ccccc1CNc1nc(-c2cccc(NC(=O)Nc3ccccc3)c2)cn2ccnc12. The lowest BCUT2D eigenvalue weighted by Gasteiger charge is -2.13. The van der Waals surface area contributed by atoms with Crippen LogP contribution in [0.2, 0.25) is 0 Å². The normalized spacial score (nSPS) is 10.7. The fourth-order valence-electron chi connectivity index (χ4n) is 3.79. The first-order chi connectivity index (χ1) is 17.2. The molecule has 2 amide bonds. The number of para-hydroxylation sites is 2. The minimum absolute atomic E-state index is 0.314. The smallest absolute Gasteiger partial charge is 0.323 e. The Morgan fingerprint density at radius 1 is 0.943 bits per heavy atom. The van der Waals surface area contributed by atoms with E-state index in [2.05, 4.69) is 20.9 Å². The third-order valence-corrected chi connectivity index (χ3v) is 5.46. The Hall–Kier alpha value is -4.85. The first-order valence-corrected chi connectivity index (χ1v) is 11.1. The van der Waals surface area contributed by atoms with Gasteiger partial charge in [0, 0.05) is 47.6 Å². The zero-order valence-corrected chi connectivity index (χ0v) is 19.1. The van der Waals surface area contributed by atoms with E-state index in [4.69, 9.17) is 9.72 Å². The van der Waals surface area contributed by atoms with E-state index in [1.54, 1.807) is 13.3 Å². The number of methoxy groups -OCH3 is 1. The Morgan fingerprint density at radius 3 is 2.57 bits per heavy atom. The lowest BCUT2D eigenvalue weighted by molar-refractivity contribution is 0.262. The van der Waals surface area contributed by atoms with Gasteiger partial charge in [-0.05, 0) is 30.3 Å². The van der Waals surface area contributed by atoms with Gasteiger partial charge in [0.2, 0.25) is 0 Å². The molecule has 174 valence electrons. The second-order valence-corrected chi connectivity index (χ2v) is 7.82. The molecule has 8 nitrogen and oxygen atoms in total. The van der Waals surface area contributed by atoms with Crippen molar-refractivity contribution < 1.29 is 9.53 Å². The van der Waals surface area contributed by atoms with Crippen LogP contribution in [0.3, 0.4) is 0 Å². The van der Waals surface area contributed by atoms with Crippen molar-refractivity contribution in [3.05, 3.63) is 103 Å². The molecule has 5 aromatic rings. The van der Waals surface area contributed by atoms with E-state index < -0.39 is 0 Å². The molecule has 3 N–H and O–H groups in total. The van der Waals surface area contributed by atoms with Crippen molar-refractivity contribution in [2.24, 2.45) is 0 Å². The molecule has 35 heavy (non-hydrogen) atoms. The second-order valence-electron chi connectivity index (χ2n) is 7.82. The summed E-state index contributed by atoms with van der Waals surface area (Å²) >= 11 is 0. The van der Waals surface area contributed by atoms with E-state index in [0.29, 0.717) is 18.1 Å². The third kappa shape index (κ3) is 5.06. The summed E-state index contributed by atoms with van der Waals surface area (Å²) in [5.41, 5.74) is 4.72. The van der Waals surface area contributed by atoms with Crippen molar-refractivity contribution in [1.82, 2.24) is 14.4 Å². The predicted octanol–water partition coefficient (Wildman–Crippen LogP) is 5.66. The number of hydrogen-bond donors (Lipinski definition) is 3. The second kappa shape index (κ2) is 9.96. The lowest BCUT2D eigenvalue weighted by atomic mass is 10.1. The molecule has 0 aliphatic rings. The predicted molar refractivity (Wildman–Crippen MR) is 138 cm³/mol. The molecular formula is C27H24N6O2. The molecule has 0 radical (unpaired) electrons. The number of nitrogens with one attached hydrogen (secondary N) is 3. The first-order valence-electron chi connectivity index (χ1n) is 11.1. The molecule has 0 saturated carbocycles. The van der Waals surface area contributed by atoms with Gasteiger partial charge in [-0.15, -0.1) is 0 Å². The van der Waals surface area contributed by atoms with Crippen LogP contribution >= 0.6 is 0 Å². The Bertz CT molecular complexity index is 1470. The summed E-state index contributed by atoms with van der Waals surface area (Å²) in [6, 6.07) is 24.4. The number of benzene rings is 3. The van der Waals surface area contributed by atoms with E-state index in [1.165, 1.54) is 0 Å². The Labute approximate surface area is 202 Å². The van der Waals surface area contributed by atoms with E-state index in [1.807, 2.05) is 95.7 Å². The van der Waals surface area contributed by atoms with Gasteiger partial charge in [-0.25, -0.2) is 14.8 Å². The molecule has 0 bridgehead atoms. The highest BCUT2D eigenvalue weighted by Crippen LogP contribution is 2.26. The first kappa shape index (κ1) is 22.0. The van der Waals surface area contributed by atoms with Crippen LogP contribution in [-0.2, 0) is 6.54 Å². The number of amides is 2. The molecule has 2 heterocycles. The topological polar surface area (TPSA) is 92.6 Å². The number of aromatic nitrogens is 3. The Morgan fingerprint density at radius 2 is 1.71 bits per heavy atom. The van der Waals surface area contributed by atoms with Crippen LogP contribution in [0, 0.1) is 0 Å². The maximum atomic E-state index is 12.4. The van der Waals surface area contributed by atoms with Crippen molar-refractivity contribution in [3.8, 4) is 17.0 Å². The minimum atomic E-state index is -0.314. The highest BCUT2D eigenvalue weighted by Gasteiger charge is 2.11. The van der Waals surface area contributed by atoms with Gasteiger partial charge < -0.3 is 25.1 Å². The Balaban J connectivity index is 1.38. The zero-order chi connectivity index (χ0) is 24.0. The molecule has 0 aliphatic carbocycles. The number of fused-ring (bicyclic) bond motifs is 1. The third-order valence-electron chi connectivity index (χ3n) is 5.46. The molecule has 0 fully saturated rings. The monoisotopic (exact) mass is 464 g/mol. The van der Waals surface area contributed by atoms with Gasteiger partial charge in [-0.2, -0.15) is 0 Å². The molecule has 0 atom stereocenters. The van der Waals surface area contributed by atoms with Crippen LogP contribution in [0.1, 0.15) is 5.56 Å². The van der Waals surface area contributed by atoms with E-state index in [9.17, 15) is 4.79 Å². The number of carbonyl (C=O) groups is 1. The van der Waals surface area contributed by atoms with Crippen LogP contribution in [0.25, 0.3) is 16.9 Å². The van der Waals surface area contributed by atoms with Crippen molar-refractivity contribution in [2.75, 3.05) is 23.1 Å². The summed E-state index contributed by atoms with van der Waals surface area (Å²) in [5.74, 6) is 1.46. The summed E-state index contributed by atoms with van der Waals surface area (Å²) in [5, 5.41) is 9.10. The van der Waals surface area contributed by atoms with Crippen molar-refractivity contribution >= 4 is 28.9 Å². The Kier molecular flexibility index (Phi) is 6.25. The highest BCUT2D eigenvalue weighted by atomic mass is 16.5. The van der Waals surface area contributed by atoms with Crippen LogP contribution in [0.5, 0.6) is 5.75 Å². The summed E-state index contributed by atoms with van der Waals surface area (Å²) in [7, 11) is 1.66. The summed E-state index contributed by atoms with van der Waals surface area (Å²) in [6.07, 6.45) is 5.53. The summed E-state index contributed by atoms with van der Waals surface area (Å²) < 4.78 is 7.39. The molecule has 0 saturated heterocycles. The van der Waals surface area contributed by atoms with Gasteiger partial charge >= 0.3 is 6.03 Å². The molecular weight excluding hydrogens is 440 g/mol. The number of urea groups is 1. The van der Waals surface area contributed by atoms with Crippen molar-refractivity contribution in [1.29, 1.82) is 0 Å². The fraction of sp³-hybridized carbons (Fsp3) is 0.0741. The number of imidazole rings is 1. The van der Waals surface area contributed by atoms with Gasteiger partial charge in [0.1, 0.15) is 5.75 Å². The van der Waals surface area contributed by atoms with Crippen LogP contribution in [0.15, 0.2) is 97.5 Å². The maximum Gasteiger partial charge on any atom is 0.323 e. The molecule has 3 aromatic carbocycles. The largest absolute Gasteiger partial charge is 0.496 e. The number of ether oxygens (including phenoxy) is 1. The molecule has 2 aromatic heterocycles. The lowest BCUT2D eigenvalue weighted by Crippen LogP contribution is -2.19. The number of carbonyl (C=O) groups excluding carboxylic acids is 1. The number of anilines is 3. The molecule has 8 heteroatoms. The number of hydrogen-bond acceptors (Lipinski definition) is 5. The van der Waals surface area contributed by atoms with Gasteiger partial charge in [0.05, 0.1) is 12.8 Å². The van der Waals surface area contributed by atoms with Gasteiger partial charge in [0.15, 0.2) is 11.5 Å². The van der Waals surface area contributed by atoms with Gasteiger partial charge in [-0.3, -0.25) is 0 Å². The molecule has 0 unspecified atom stereocenters. The fourth-order valence-corrected chi connectivity index (χ4v) is 3.79. The standard InChI is InChI=1S/C27H24N6O2/c1-35-24-13-6-5-8-20(24)17-29-25-26-28-14-15-33(26)18-23(32-25)19-9-7-12-22(16-19)31-27(34)30-21-10-3-2-4-11-21/h2-16,18H,17H2,1H3,(H,29,32)(H2,30,31,34). The minimum Gasteiger partial charge on any atom is -0.496 e. The highest BCUT2D eigenvalue weighted by molar-refractivity contribution is 6.00. The van der Waals surface area contributed by atoms with Crippen molar-refractivity contribution in [2.45, 2.75) is 6.54 Å². The average Bonchev–Trinajstić information content (AvgIpc) is 3.37. The number of nitrogens with zero attached hydrogens (tertiary/aromatic N) is 3. The van der Waals surface area contributed by atoms with E-state index >= 15 is 0 Å². The maximum absolute atomic E-state index is 12.4. The molecule has 5 rings (SSSR count). The average molecular weight is 465 g/mol. The van der Waals surface area contributed by atoms with Crippen LogP contribution in [-0.4, -0.2) is 27.5 Å². The molecule has 0 aliphatic heterocycles. The number of rotatable bonds is 7. The zero-order valence-electron chi connectivity index (χ0n) is 19.1. The van der Waals surface area contributed by atoms with E-state index in [-0.39, 0.29) is 6.03 Å². The van der Waals surface area contributed by atoms with E-state index in [0.717, 1.165) is 33.9 Å². The van der Waals surface area contributed by atoms with Crippen LogP contribution < -0.4 is 20.7 Å². The van der Waals surface area contributed by atoms with Crippen molar-refractivity contribution in [3.63, 3.8) is 0 Å². The quantitative estimate of drug-likeness (QED) is 0.289.